The van der Waals surface area contributed by atoms with Crippen molar-refractivity contribution < 1.29 is 13.2 Å². The van der Waals surface area contributed by atoms with Crippen LogP contribution in [-0.2, 0) is 14.8 Å². The van der Waals surface area contributed by atoms with E-state index in [1.54, 1.807) is 6.07 Å². The van der Waals surface area contributed by atoms with Gasteiger partial charge in [0.1, 0.15) is 4.90 Å². The van der Waals surface area contributed by atoms with Crippen LogP contribution < -0.4 is 10.0 Å². The smallest absolute Gasteiger partial charge is 0.242 e. The van der Waals surface area contributed by atoms with E-state index in [1.807, 2.05) is 36.4 Å². The molecule has 0 bridgehead atoms. The van der Waals surface area contributed by atoms with Gasteiger partial charge < -0.3 is 5.32 Å². The number of anilines is 1. The monoisotopic (exact) mass is 422 g/mol. The van der Waals surface area contributed by atoms with Gasteiger partial charge in [0.25, 0.3) is 0 Å². The molecule has 5 nitrogen and oxygen atoms in total. The van der Waals surface area contributed by atoms with Crippen molar-refractivity contribution in [2.75, 3.05) is 5.32 Å². The van der Waals surface area contributed by atoms with Gasteiger partial charge in [-0.1, -0.05) is 59.6 Å². The molecule has 0 radical (unpaired) electrons. The van der Waals surface area contributed by atoms with Crippen LogP contribution in [0.1, 0.15) is 6.92 Å². The van der Waals surface area contributed by atoms with Crippen LogP contribution in [0.4, 0.5) is 5.69 Å². The van der Waals surface area contributed by atoms with E-state index in [4.69, 9.17) is 23.2 Å². The molecule has 3 aromatic rings. The molecule has 2 N–H and O–H groups in total. The zero-order chi connectivity index (χ0) is 19.6. The molecule has 8 heteroatoms. The van der Waals surface area contributed by atoms with Gasteiger partial charge in [0.15, 0.2) is 0 Å². The largest absolute Gasteiger partial charge is 0.324 e. The summed E-state index contributed by atoms with van der Waals surface area (Å²) in [4.78, 5) is 12.3. The van der Waals surface area contributed by atoms with E-state index in [9.17, 15) is 13.2 Å². The summed E-state index contributed by atoms with van der Waals surface area (Å²) >= 11 is 11.8. The Kier molecular flexibility index (Phi) is 5.72. The van der Waals surface area contributed by atoms with Crippen molar-refractivity contribution in [1.82, 2.24) is 4.72 Å². The zero-order valence-corrected chi connectivity index (χ0v) is 16.6. The molecule has 0 aliphatic heterocycles. The Bertz CT molecular complexity index is 1110. The SMILES string of the molecule is CC(NS(=O)(=O)c1cc(Cl)ccc1Cl)C(=O)Nc1cccc2ccccc12. The maximum Gasteiger partial charge on any atom is 0.242 e. The van der Waals surface area contributed by atoms with Crippen molar-refractivity contribution in [2.24, 2.45) is 0 Å². The summed E-state index contributed by atoms with van der Waals surface area (Å²) in [5, 5.41) is 4.84. The first-order valence-electron chi connectivity index (χ1n) is 8.04. The molecule has 3 rings (SSSR count). The molecule has 0 saturated heterocycles. The summed E-state index contributed by atoms with van der Waals surface area (Å²) in [6.45, 7) is 1.45. The molecule has 0 fully saturated rings. The quantitative estimate of drug-likeness (QED) is 0.637. The lowest BCUT2D eigenvalue weighted by Crippen LogP contribution is -2.41. The fraction of sp³-hybridized carbons (Fsp3) is 0.105. The Morgan fingerprint density at radius 2 is 1.70 bits per heavy atom. The van der Waals surface area contributed by atoms with Crippen LogP contribution in [0.15, 0.2) is 65.6 Å². The minimum atomic E-state index is -4.02. The van der Waals surface area contributed by atoms with Crippen LogP contribution >= 0.6 is 23.2 Å². The first-order valence-corrected chi connectivity index (χ1v) is 10.3. The summed E-state index contributed by atoms with van der Waals surface area (Å²) in [5.74, 6) is -0.493. The highest BCUT2D eigenvalue weighted by atomic mass is 35.5. The van der Waals surface area contributed by atoms with E-state index in [1.165, 1.54) is 25.1 Å². The van der Waals surface area contributed by atoms with Crippen LogP contribution in [0, 0.1) is 0 Å². The summed E-state index contributed by atoms with van der Waals surface area (Å²) < 4.78 is 27.4. The third-order valence-corrected chi connectivity index (χ3v) is 6.21. The number of halogens is 2. The minimum absolute atomic E-state index is 0.0218. The fourth-order valence-corrected chi connectivity index (χ4v) is 4.57. The highest BCUT2D eigenvalue weighted by Gasteiger charge is 2.24. The maximum absolute atomic E-state index is 12.6. The number of rotatable bonds is 5. The molecular weight excluding hydrogens is 407 g/mol. The number of amides is 1. The lowest BCUT2D eigenvalue weighted by atomic mass is 10.1. The van der Waals surface area contributed by atoms with Crippen molar-refractivity contribution in [3.63, 3.8) is 0 Å². The van der Waals surface area contributed by atoms with Gasteiger partial charge in [-0.15, -0.1) is 0 Å². The average Bonchev–Trinajstić information content (AvgIpc) is 2.63. The Morgan fingerprint density at radius 1 is 1.00 bits per heavy atom. The third-order valence-electron chi connectivity index (χ3n) is 3.96. The summed E-state index contributed by atoms with van der Waals surface area (Å²) in [7, 11) is -4.02. The van der Waals surface area contributed by atoms with Gasteiger partial charge in [0.05, 0.1) is 11.1 Å². The predicted molar refractivity (Wildman–Crippen MR) is 109 cm³/mol. The first-order chi connectivity index (χ1) is 12.8. The summed E-state index contributed by atoms with van der Waals surface area (Å²) in [5.41, 5.74) is 0.602. The molecule has 0 spiro atoms. The van der Waals surface area contributed by atoms with Crippen LogP contribution in [0.3, 0.4) is 0 Å². The van der Waals surface area contributed by atoms with E-state index in [0.29, 0.717) is 5.69 Å². The number of hydrogen-bond donors (Lipinski definition) is 2. The summed E-state index contributed by atoms with van der Waals surface area (Å²) in [6.07, 6.45) is 0. The topological polar surface area (TPSA) is 75.3 Å². The number of fused-ring (bicyclic) bond motifs is 1. The van der Waals surface area contributed by atoms with Gasteiger partial charge in [-0.25, -0.2) is 8.42 Å². The molecule has 0 heterocycles. The number of carbonyl (C=O) groups excluding carboxylic acids is 1. The predicted octanol–water partition coefficient (Wildman–Crippen LogP) is 4.45. The second kappa shape index (κ2) is 7.86. The Balaban J connectivity index is 1.80. The highest BCUT2D eigenvalue weighted by Crippen LogP contribution is 2.26. The van der Waals surface area contributed by atoms with Gasteiger partial charge in [-0.2, -0.15) is 4.72 Å². The second-order valence-electron chi connectivity index (χ2n) is 5.93. The molecule has 3 aromatic carbocycles. The highest BCUT2D eigenvalue weighted by molar-refractivity contribution is 7.89. The number of nitrogens with one attached hydrogen (secondary N) is 2. The van der Waals surface area contributed by atoms with Gasteiger partial charge in [-0.05, 0) is 36.6 Å². The van der Waals surface area contributed by atoms with Crippen molar-refractivity contribution in [3.05, 3.63) is 70.7 Å². The number of benzene rings is 3. The van der Waals surface area contributed by atoms with Crippen LogP contribution in [-0.4, -0.2) is 20.4 Å². The third kappa shape index (κ3) is 4.42. The second-order valence-corrected chi connectivity index (χ2v) is 8.46. The Hall–Kier alpha value is -2.12. The van der Waals surface area contributed by atoms with Crippen molar-refractivity contribution in [1.29, 1.82) is 0 Å². The molecule has 27 heavy (non-hydrogen) atoms. The molecule has 0 aliphatic carbocycles. The fourth-order valence-electron chi connectivity index (χ4n) is 2.61. The minimum Gasteiger partial charge on any atom is -0.324 e. The van der Waals surface area contributed by atoms with Crippen LogP contribution in [0.5, 0.6) is 0 Å². The van der Waals surface area contributed by atoms with Crippen LogP contribution in [0.25, 0.3) is 10.8 Å². The van der Waals surface area contributed by atoms with Crippen molar-refractivity contribution >= 4 is 55.6 Å². The molecule has 1 unspecified atom stereocenters. The van der Waals surface area contributed by atoms with E-state index in [-0.39, 0.29) is 14.9 Å². The first kappa shape index (κ1) is 19.6. The number of hydrogen-bond acceptors (Lipinski definition) is 3. The lowest BCUT2D eigenvalue weighted by molar-refractivity contribution is -0.117. The van der Waals surface area contributed by atoms with Gasteiger partial charge in [0.2, 0.25) is 15.9 Å². The molecular formula is C19H16Cl2N2O3S. The summed E-state index contributed by atoms with van der Waals surface area (Å²) in [6, 6.07) is 16.2. The Morgan fingerprint density at radius 3 is 2.48 bits per heavy atom. The number of carbonyl (C=O) groups is 1. The van der Waals surface area contributed by atoms with Crippen molar-refractivity contribution in [2.45, 2.75) is 17.9 Å². The average molecular weight is 423 g/mol. The van der Waals surface area contributed by atoms with Crippen LogP contribution in [0.2, 0.25) is 10.0 Å². The van der Waals surface area contributed by atoms with E-state index >= 15 is 0 Å². The van der Waals surface area contributed by atoms with E-state index in [2.05, 4.69) is 10.0 Å². The molecule has 0 aromatic heterocycles. The Labute approximate surface area is 167 Å². The zero-order valence-electron chi connectivity index (χ0n) is 14.2. The van der Waals surface area contributed by atoms with E-state index in [0.717, 1.165) is 10.8 Å². The maximum atomic E-state index is 12.6. The lowest BCUT2D eigenvalue weighted by Gasteiger charge is -2.16. The standard InChI is InChI=1S/C19H16Cl2N2O3S/c1-12(23-27(25,26)18-11-14(20)9-10-16(18)21)19(24)22-17-8-4-6-13-5-2-3-7-15(13)17/h2-12,23H,1H3,(H,22,24). The normalized spacial score (nSPS) is 12.7. The van der Waals surface area contributed by atoms with Gasteiger partial charge >= 0.3 is 0 Å². The molecule has 0 saturated carbocycles. The van der Waals surface area contributed by atoms with Gasteiger partial charge in [0, 0.05) is 16.1 Å². The van der Waals surface area contributed by atoms with E-state index < -0.39 is 22.0 Å². The van der Waals surface area contributed by atoms with Gasteiger partial charge in [-0.3, -0.25) is 4.79 Å². The van der Waals surface area contributed by atoms with Crippen molar-refractivity contribution in [3.8, 4) is 0 Å². The number of sulfonamides is 1. The molecule has 1 atom stereocenters. The molecule has 1 amide bonds. The molecule has 0 aliphatic rings. The molecule has 140 valence electrons.